The fraction of sp³-hybridized carbons (Fsp3) is 0.276. The largest absolute Gasteiger partial charge is 0.493 e. The third-order valence-corrected chi connectivity index (χ3v) is 6.39. The van der Waals surface area contributed by atoms with Gasteiger partial charge in [0, 0.05) is 13.0 Å². The van der Waals surface area contributed by atoms with E-state index in [4.69, 9.17) is 14.3 Å². The zero-order valence-electron chi connectivity index (χ0n) is 21.2. The fourth-order valence-corrected chi connectivity index (χ4v) is 4.60. The van der Waals surface area contributed by atoms with Gasteiger partial charge in [-0.15, -0.1) is 0 Å². The molecule has 8 nitrogen and oxygen atoms in total. The molecule has 0 aliphatic carbocycles. The van der Waals surface area contributed by atoms with Crippen molar-refractivity contribution in [2.75, 3.05) is 27.9 Å². The molecular weight excluding hydrogens is 470 g/mol. The fourth-order valence-electron chi connectivity index (χ4n) is 4.60. The summed E-state index contributed by atoms with van der Waals surface area (Å²) in [6, 6.07) is 24.0. The molecule has 0 bridgehead atoms. The number of ether oxygens (including phenoxy) is 2. The van der Waals surface area contributed by atoms with Crippen molar-refractivity contribution in [2.24, 2.45) is 5.16 Å². The third-order valence-electron chi connectivity index (χ3n) is 6.39. The first-order chi connectivity index (χ1) is 18.0. The number of amides is 2. The average Bonchev–Trinajstić information content (AvgIpc) is 3.37. The highest BCUT2D eigenvalue weighted by molar-refractivity contribution is 6.02. The van der Waals surface area contributed by atoms with Gasteiger partial charge in [0.1, 0.15) is 13.2 Å². The molecule has 1 atom stereocenters. The minimum Gasteiger partial charge on any atom is -0.493 e. The summed E-state index contributed by atoms with van der Waals surface area (Å²) in [4.78, 5) is 34.0. The highest BCUT2D eigenvalue weighted by atomic mass is 16.6. The van der Waals surface area contributed by atoms with Gasteiger partial charge in [-0.05, 0) is 28.8 Å². The number of hydrogen-bond acceptors (Lipinski definition) is 6. The summed E-state index contributed by atoms with van der Waals surface area (Å²) in [5.41, 5.74) is 3.21. The van der Waals surface area contributed by atoms with Crippen molar-refractivity contribution >= 4 is 17.5 Å². The number of likely N-dealkylation sites (tertiary alicyclic amines) is 1. The zero-order chi connectivity index (χ0) is 26.2. The lowest BCUT2D eigenvalue weighted by molar-refractivity contribution is -0.138. The highest BCUT2D eigenvalue weighted by Crippen LogP contribution is 2.31. The molecule has 0 aromatic heterocycles. The van der Waals surface area contributed by atoms with Gasteiger partial charge < -0.3 is 24.5 Å². The van der Waals surface area contributed by atoms with Crippen LogP contribution in [-0.2, 0) is 21.0 Å². The second-order valence-electron chi connectivity index (χ2n) is 8.69. The highest BCUT2D eigenvalue weighted by Gasteiger charge is 2.41. The van der Waals surface area contributed by atoms with E-state index in [9.17, 15) is 9.59 Å². The van der Waals surface area contributed by atoms with E-state index in [1.54, 1.807) is 25.2 Å². The standard InChI is InChI=1S/C29H31N3O5/c1-35-25-15-14-20(16-26(25)36-2)18-30-28(33)24-17-23(31-37-3)19-32(24)29(34)27(21-10-6-4-7-11-21)22-12-8-5-9-13-22/h4-16,24,27H,17-19H2,1-3H3,(H,30,33)/b31-23-/t24-/m0/s1. The minimum atomic E-state index is -0.712. The van der Waals surface area contributed by atoms with Gasteiger partial charge in [-0.3, -0.25) is 9.59 Å². The Hall–Kier alpha value is -4.33. The molecule has 1 heterocycles. The Balaban J connectivity index is 1.58. The number of hydrogen-bond donors (Lipinski definition) is 1. The van der Waals surface area contributed by atoms with Crippen molar-refractivity contribution in [1.29, 1.82) is 0 Å². The van der Waals surface area contributed by atoms with Gasteiger partial charge >= 0.3 is 0 Å². The van der Waals surface area contributed by atoms with E-state index in [1.807, 2.05) is 72.8 Å². The summed E-state index contributed by atoms with van der Waals surface area (Å²) in [6.45, 7) is 0.493. The molecule has 0 unspecified atom stereocenters. The van der Waals surface area contributed by atoms with Crippen LogP contribution in [-0.4, -0.2) is 56.3 Å². The van der Waals surface area contributed by atoms with Gasteiger partial charge in [0.15, 0.2) is 11.5 Å². The number of carbonyl (C=O) groups is 2. The molecule has 1 aliphatic heterocycles. The third kappa shape index (κ3) is 5.91. The molecule has 37 heavy (non-hydrogen) atoms. The molecule has 0 spiro atoms. The van der Waals surface area contributed by atoms with Crippen LogP contribution in [0.3, 0.4) is 0 Å². The van der Waals surface area contributed by atoms with Crippen LogP contribution in [0.4, 0.5) is 0 Å². The molecule has 2 amide bonds. The van der Waals surface area contributed by atoms with Crippen LogP contribution in [0.25, 0.3) is 0 Å². The maximum absolute atomic E-state index is 14.1. The van der Waals surface area contributed by atoms with Gasteiger partial charge in [-0.1, -0.05) is 71.9 Å². The Morgan fingerprint density at radius 1 is 0.919 bits per heavy atom. The van der Waals surface area contributed by atoms with E-state index in [-0.39, 0.29) is 24.9 Å². The second-order valence-corrected chi connectivity index (χ2v) is 8.69. The van der Waals surface area contributed by atoms with Crippen LogP contribution in [0.1, 0.15) is 29.0 Å². The Bertz CT molecular complexity index is 1210. The van der Waals surface area contributed by atoms with E-state index in [0.717, 1.165) is 16.7 Å². The lowest BCUT2D eigenvalue weighted by Gasteiger charge is -2.28. The first kappa shape index (κ1) is 25.8. The van der Waals surface area contributed by atoms with Crippen LogP contribution in [0.5, 0.6) is 11.5 Å². The SMILES string of the molecule is CO/N=C1/C[C@@H](C(=O)NCc2ccc(OC)c(OC)c2)N(C(=O)C(c2ccccc2)c2ccccc2)C1. The molecule has 0 saturated carbocycles. The normalized spacial score (nSPS) is 16.1. The molecule has 1 fully saturated rings. The molecule has 8 heteroatoms. The monoisotopic (exact) mass is 501 g/mol. The van der Waals surface area contributed by atoms with E-state index in [2.05, 4.69) is 10.5 Å². The minimum absolute atomic E-state index is 0.162. The Kier molecular flexibility index (Phi) is 8.40. The lowest BCUT2D eigenvalue weighted by atomic mass is 9.90. The summed E-state index contributed by atoms with van der Waals surface area (Å²) >= 11 is 0. The van der Waals surface area contributed by atoms with E-state index >= 15 is 0 Å². The molecule has 4 rings (SSSR count). The number of methoxy groups -OCH3 is 2. The number of oxime groups is 1. The van der Waals surface area contributed by atoms with Crippen molar-refractivity contribution in [3.63, 3.8) is 0 Å². The summed E-state index contributed by atoms with van der Waals surface area (Å²) in [5, 5.41) is 7.04. The van der Waals surface area contributed by atoms with Crippen LogP contribution >= 0.6 is 0 Å². The molecule has 1 saturated heterocycles. The Morgan fingerprint density at radius 3 is 2.11 bits per heavy atom. The van der Waals surface area contributed by atoms with Gasteiger partial charge in [0.05, 0.1) is 32.4 Å². The summed E-state index contributed by atoms with van der Waals surface area (Å²) in [5.74, 6) is 0.216. The predicted molar refractivity (Wildman–Crippen MR) is 141 cm³/mol. The van der Waals surface area contributed by atoms with Crippen LogP contribution in [0, 0.1) is 0 Å². The topological polar surface area (TPSA) is 89.5 Å². The number of benzene rings is 3. The summed E-state index contributed by atoms with van der Waals surface area (Å²) in [7, 11) is 4.59. The van der Waals surface area contributed by atoms with Gasteiger partial charge in [-0.25, -0.2) is 0 Å². The molecule has 0 radical (unpaired) electrons. The number of carbonyl (C=O) groups excluding carboxylic acids is 2. The Labute approximate surface area is 216 Å². The molecular formula is C29H31N3O5. The first-order valence-electron chi connectivity index (χ1n) is 12.0. The maximum atomic E-state index is 14.1. The van der Waals surface area contributed by atoms with Crippen molar-refractivity contribution in [3.8, 4) is 11.5 Å². The van der Waals surface area contributed by atoms with Crippen LogP contribution in [0.2, 0.25) is 0 Å². The maximum Gasteiger partial charge on any atom is 0.243 e. The number of nitrogens with zero attached hydrogens (tertiary/aromatic N) is 2. The van der Waals surface area contributed by atoms with Crippen molar-refractivity contribution in [1.82, 2.24) is 10.2 Å². The van der Waals surface area contributed by atoms with Gasteiger partial charge in [0.2, 0.25) is 11.8 Å². The smallest absolute Gasteiger partial charge is 0.243 e. The molecule has 192 valence electrons. The van der Waals surface area contributed by atoms with Crippen molar-refractivity contribution in [3.05, 3.63) is 95.6 Å². The van der Waals surface area contributed by atoms with Crippen LogP contribution in [0.15, 0.2) is 84.0 Å². The van der Waals surface area contributed by atoms with Gasteiger partial charge in [-0.2, -0.15) is 0 Å². The molecule has 3 aromatic carbocycles. The van der Waals surface area contributed by atoms with Crippen molar-refractivity contribution in [2.45, 2.75) is 24.9 Å². The molecule has 3 aromatic rings. The first-order valence-corrected chi connectivity index (χ1v) is 12.0. The second kappa shape index (κ2) is 12.1. The van der Waals surface area contributed by atoms with Gasteiger partial charge in [0.25, 0.3) is 0 Å². The van der Waals surface area contributed by atoms with E-state index in [1.165, 1.54) is 7.11 Å². The van der Waals surface area contributed by atoms with Crippen molar-refractivity contribution < 1.29 is 23.9 Å². The quantitative estimate of drug-likeness (QED) is 0.451. The van der Waals surface area contributed by atoms with Crippen LogP contribution < -0.4 is 14.8 Å². The van der Waals surface area contributed by atoms with E-state index < -0.39 is 12.0 Å². The molecule has 1 N–H and O–H groups in total. The molecule has 1 aliphatic rings. The number of nitrogens with one attached hydrogen (secondary N) is 1. The summed E-state index contributed by atoms with van der Waals surface area (Å²) < 4.78 is 10.7. The average molecular weight is 502 g/mol. The zero-order valence-corrected chi connectivity index (χ0v) is 21.2. The Morgan fingerprint density at radius 2 is 1.54 bits per heavy atom. The lowest BCUT2D eigenvalue weighted by Crippen LogP contribution is -2.47. The summed E-state index contributed by atoms with van der Waals surface area (Å²) in [6.07, 6.45) is 0.299. The van der Waals surface area contributed by atoms with E-state index in [0.29, 0.717) is 23.6 Å². The predicted octanol–water partition coefficient (Wildman–Crippen LogP) is 3.76. The number of rotatable bonds is 9.